The third-order valence-electron chi connectivity index (χ3n) is 9.82. The fourth-order valence-corrected chi connectivity index (χ4v) is 9.03. The lowest BCUT2D eigenvalue weighted by molar-refractivity contribution is 1.61. The van der Waals surface area contributed by atoms with Crippen LogP contribution in [0.25, 0.3) is 96.6 Å². The lowest BCUT2D eigenvalue weighted by Crippen LogP contribution is -1.91. The van der Waals surface area contributed by atoms with Gasteiger partial charge in [0.2, 0.25) is 0 Å². The molecule has 0 aliphatic carbocycles. The average Bonchev–Trinajstić information content (AvgIpc) is 3.54. The van der Waals surface area contributed by atoms with Gasteiger partial charge in [-0.05, 0) is 89.3 Å². The van der Waals surface area contributed by atoms with E-state index in [2.05, 4.69) is 170 Å². The molecule has 0 aliphatic heterocycles. The van der Waals surface area contributed by atoms with Crippen molar-refractivity contribution in [1.82, 2.24) is 0 Å². The van der Waals surface area contributed by atoms with Crippen LogP contribution in [-0.4, -0.2) is 0 Å². The normalized spacial score (nSPS) is 11.8. The van der Waals surface area contributed by atoms with E-state index >= 15 is 0 Å². The summed E-state index contributed by atoms with van der Waals surface area (Å²) < 4.78 is 2.70. The van der Waals surface area contributed by atoms with E-state index in [1.165, 1.54) is 96.6 Å². The Kier molecular flexibility index (Phi) is 5.85. The first-order valence-electron chi connectivity index (χ1n) is 16.2. The average molecular weight is 613 g/mol. The number of fused-ring (bicyclic) bond motifs is 10. The standard InChI is InChI=1S/C46H28S/c1-2-13-29(14-3-1)30-15-12-16-31(27-30)43-36-20-7-9-22-38(36)44(39-23-10-8-21-37(39)43)32-25-26-42-41(28-32)45-35-19-6-4-17-33(35)34-18-5-11-24-40(34)46(45)47-42/h1-28H. The number of thiophene rings is 1. The summed E-state index contributed by atoms with van der Waals surface area (Å²) in [5.74, 6) is 0. The highest BCUT2D eigenvalue weighted by atomic mass is 32.1. The van der Waals surface area contributed by atoms with Crippen LogP contribution in [0.4, 0.5) is 0 Å². The van der Waals surface area contributed by atoms with Gasteiger partial charge in [-0.15, -0.1) is 11.3 Å². The minimum Gasteiger partial charge on any atom is -0.135 e. The molecular weight excluding hydrogens is 585 g/mol. The summed E-state index contributed by atoms with van der Waals surface area (Å²) in [7, 11) is 0. The number of rotatable bonds is 3. The molecule has 0 saturated carbocycles. The van der Waals surface area contributed by atoms with Crippen molar-refractivity contribution in [2.24, 2.45) is 0 Å². The molecule has 0 atom stereocenters. The van der Waals surface area contributed by atoms with Gasteiger partial charge in [0.05, 0.1) is 0 Å². The maximum absolute atomic E-state index is 2.46. The molecule has 10 aromatic rings. The van der Waals surface area contributed by atoms with Crippen molar-refractivity contribution in [3.63, 3.8) is 0 Å². The van der Waals surface area contributed by atoms with Crippen LogP contribution in [0.5, 0.6) is 0 Å². The molecule has 1 heteroatoms. The summed E-state index contributed by atoms with van der Waals surface area (Å²) >= 11 is 1.92. The predicted molar refractivity (Wildman–Crippen MR) is 206 cm³/mol. The van der Waals surface area contributed by atoms with Crippen molar-refractivity contribution in [1.29, 1.82) is 0 Å². The Hall–Kier alpha value is -5.76. The Morgan fingerprint density at radius 3 is 1.38 bits per heavy atom. The number of hydrogen-bond acceptors (Lipinski definition) is 1. The fourth-order valence-electron chi connectivity index (χ4n) is 7.80. The van der Waals surface area contributed by atoms with Gasteiger partial charge in [0.15, 0.2) is 0 Å². The second-order valence-corrected chi connectivity index (χ2v) is 13.4. The first-order valence-corrected chi connectivity index (χ1v) is 17.0. The summed E-state index contributed by atoms with van der Waals surface area (Å²) in [6, 6.07) is 62.6. The van der Waals surface area contributed by atoms with Crippen LogP contribution in [-0.2, 0) is 0 Å². The topological polar surface area (TPSA) is 0 Å². The molecule has 1 heterocycles. The molecule has 218 valence electrons. The van der Waals surface area contributed by atoms with E-state index < -0.39 is 0 Å². The summed E-state index contributed by atoms with van der Waals surface area (Å²) in [5, 5.41) is 13.1. The van der Waals surface area contributed by atoms with Crippen molar-refractivity contribution < 1.29 is 0 Å². The minimum absolute atomic E-state index is 1.23. The molecule has 47 heavy (non-hydrogen) atoms. The lowest BCUT2D eigenvalue weighted by atomic mass is 9.85. The zero-order valence-corrected chi connectivity index (χ0v) is 26.4. The number of hydrogen-bond donors (Lipinski definition) is 0. The summed E-state index contributed by atoms with van der Waals surface area (Å²) in [6.07, 6.45) is 0. The molecule has 0 spiro atoms. The van der Waals surface area contributed by atoms with E-state index in [9.17, 15) is 0 Å². The second kappa shape index (κ2) is 10.4. The zero-order chi connectivity index (χ0) is 30.9. The van der Waals surface area contributed by atoms with Gasteiger partial charge in [0.25, 0.3) is 0 Å². The van der Waals surface area contributed by atoms with Gasteiger partial charge in [-0.25, -0.2) is 0 Å². The molecule has 0 amide bonds. The van der Waals surface area contributed by atoms with Crippen LogP contribution in [0.1, 0.15) is 0 Å². The van der Waals surface area contributed by atoms with Crippen molar-refractivity contribution in [3.05, 3.63) is 170 Å². The second-order valence-electron chi connectivity index (χ2n) is 12.4. The maximum Gasteiger partial charge on any atom is 0.0440 e. The smallest absolute Gasteiger partial charge is 0.0440 e. The van der Waals surface area contributed by atoms with Gasteiger partial charge >= 0.3 is 0 Å². The minimum atomic E-state index is 1.23. The van der Waals surface area contributed by atoms with Crippen molar-refractivity contribution >= 4 is 74.6 Å². The molecule has 0 N–H and O–H groups in total. The van der Waals surface area contributed by atoms with E-state index in [4.69, 9.17) is 0 Å². The van der Waals surface area contributed by atoms with Gasteiger partial charge < -0.3 is 0 Å². The van der Waals surface area contributed by atoms with Gasteiger partial charge in [0.1, 0.15) is 0 Å². The summed E-state index contributed by atoms with van der Waals surface area (Å²) in [6.45, 7) is 0. The van der Waals surface area contributed by atoms with Gasteiger partial charge in [-0.3, -0.25) is 0 Å². The van der Waals surface area contributed by atoms with E-state index in [1.54, 1.807) is 0 Å². The molecule has 0 saturated heterocycles. The quantitative estimate of drug-likeness (QED) is 0.138. The summed E-state index contributed by atoms with van der Waals surface area (Å²) in [5.41, 5.74) is 7.54. The van der Waals surface area contributed by atoms with Gasteiger partial charge in [-0.2, -0.15) is 0 Å². The van der Waals surface area contributed by atoms with Crippen molar-refractivity contribution in [2.45, 2.75) is 0 Å². The molecule has 1 aromatic heterocycles. The van der Waals surface area contributed by atoms with Gasteiger partial charge in [-0.1, -0.05) is 152 Å². The molecule has 9 aromatic carbocycles. The Bertz CT molecular complexity index is 2780. The third-order valence-corrected chi connectivity index (χ3v) is 11.0. The Balaban J connectivity index is 1.28. The van der Waals surface area contributed by atoms with E-state index in [1.807, 2.05) is 11.3 Å². The predicted octanol–water partition coefficient (Wildman–Crippen LogP) is 13.7. The van der Waals surface area contributed by atoms with Crippen LogP contribution in [0.3, 0.4) is 0 Å². The molecule has 0 bridgehead atoms. The molecule has 0 nitrogen and oxygen atoms in total. The molecule has 0 unspecified atom stereocenters. The summed E-state index contributed by atoms with van der Waals surface area (Å²) in [4.78, 5) is 0. The van der Waals surface area contributed by atoms with Crippen LogP contribution < -0.4 is 0 Å². The van der Waals surface area contributed by atoms with E-state index in [0.29, 0.717) is 0 Å². The Morgan fingerprint density at radius 2 is 0.745 bits per heavy atom. The first kappa shape index (κ1) is 26.5. The fraction of sp³-hybridized carbons (Fsp3) is 0. The Labute approximate surface area is 276 Å². The van der Waals surface area contributed by atoms with Crippen molar-refractivity contribution in [3.8, 4) is 33.4 Å². The first-order chi connectivity index (χ1) is 23.3. The molecule has 0 fully saturated rings. The van der Waals surface area contributed by atoms with Gasteiger partial charge in [0, 0.05) is 25.6 Å². The molecular formula is C46H28S. The third kappa shape index (κ3) is 4.00. The maximum atomic E-state index is 2.46. The highest BCUT2D eigenvalue weighted by Gasteiger charge is 2.19. The highest BCUT2D eigenvalue weighted by Crippen LogP contribution is 2.48. The van der Waals surface area contributed by atoms with Crippen LogP contribution in [0, 0.1) is 0 Å². The molecule has 0 aliphatic rings. The zero-order valence-electron chi connectivity index (χ0n) is 25.6. The van der Waals surface area contributed by atoms with Crippen LogP contribution >= 0.6 is 11.3 Å². The van der Waals surface area contributed by atoms with Crippen LogP contribution in [0.2, 0.25) is 0 Å². The highest BCUT2D eigenvalue weighted by molar-refractivity contribution is 7.27. The monoisotopic (exact) mass is 612 g/mol. The van der Waals surface area contributed by atoms with Crippen molar-refractivity contribution in [2.75, 3.05) is 0 Å². The molecule has 0 radical (unpaired) electrons. The largest absolute Gasteiger partial charge is 0.135 e. The van der Waals surface area contributed by atoms with E-state index in [0.717, 1.165) is 0 Å². The SMILES string of the molecule is c1ccc(-c2cccc(-c3c4ccccc4c(-c4ccc5sc6c7ccccc7c7ccccc7c6c5c4)c4ccccc34)c2)cc1. The molecule has 10 rings (SSSR count). The Morgan fingerprint density at radius 1 is 0.277 bits per heavy atom. The van der Waals surface area contributed by atoms with E-state index in [-0.39, 0.29) is 0 Å². The number of benzene rings is 9. The van der Waals surface area contributed by atoms with Crippen LogP contribution in [0.15, 0.2) is 170 Å². The lowest BCUT2D eigenvalue weighted by Gasteiger charge is -2.18.